The number of hydrogen-bond donors (Lipinski definition) is 1. The quantitative estimate of drug-likeness (QED) is 0.831. The fraction of sp³-hybridized carbons (Fsp3) is 0.316. The van der Waals surface area contributed by atoms with Gasteiger partial charge in [0.15, 0.2) is 0 Å². The van der Waals surface area contributed by atoms with E-state index in [1.54, 1.807) is 19.1 Å². The standard InChI is InChI=1S/C19H23NO3S/c1-14(2)23-18-12-8-7-9-16(18)13-24(22)15(3)19(21)20-17-10-5-4-6-11-17/h4-12,14-15H,13H2,1-3H3,(H,20,21)/t15-,24-/m1/s1. The van der Waals surface area contributed by atoms with Gasteiger partial charge in [-0.05, 0) is 39.0 Å². The molecule has 128 valence electrons. The first-order valence-electron chi connectivity index (χ1n) is 7.95. The normalized spacial score (nSPS) is 13.3. The molecule has 0 unspecified atom stereocenters. The Morgan fingerprint density at radius 1 is 1.04 bits per heavy atom. The highest BCUT2D eigenvalue weighted by molar-refractivity contribution is 7.85. The molecular weight excluding hydrogens is 322 g/mol. The van der Waals surface area contributed by atoms with Gasteiger partial charge in [0, 0.05) is 22.1 Å². The van der Waals surface area contributed by atoms with E-state index in [-0.39, 0.29) is 17.8 Å². The molecule has 0 aliphatic rings. The molecule has 0 heterocycles. The second-order valence-electron chi connectivity index (χ2n) is 5.80. The molecule has 0 aromatic heterocycles. The highest BCUT2D eigenvalue weighted by Crippen LogP contribution is 2.22. The zero-order chi connectivity index (χ0) is 17.5. The van der Waals surface area contributed by atoms with Crippen molar-refractivity contribution in [1.29, 1.82) is 0 Å². The number of hydrogen-bond acceptors (Lipinski definition) is 3. The summed E-state index contributed by atoms with van der Waals surface area (Å²) in [5.74, 6) is 0.755. The number of carbonyl (C=O) groups is 1. The van der Waals surface area contributed by atoms with E-state index in [4.69, 9.17) is 4.74 Å². The average molecular weight is 345 g/mol. The van der Waals surface area contributed by atoms with Crippen molar-refractivity contribution in [3.63, 3.8) is 0 Å². The molecule has 0 saturated heterocycles. The Labute approximate surface area is 145 Å². The van der Waals surface area contributed by atoms with Crippen molar-refractivity contribution in [3.8, 4) is 5.75 Å². The van der Waals surface area contributed by atoms with Gasteiger partial charge in [-0.15, -0.1) is 0 Å². The van der Waals surface area contributed by atoms with Crippen LogP contribution in [0.3, 0.4) is 0 Å². The molecule has 0 saturated carbocycles. The van der Waals surface area contributed by atoms with Gasteiger partial charge in [-0.1, -0.05) is 36.4 Å². The Hall–Kier alpha value is -2.14. The summed E-state index contributed by atoms with van der Waals surface area (Å²) in [6.07, 6.45) is 0.0402. The first-order chi connectivity index (χ1) is 11.5. The molecule has 1 N–H and O–H groups in total. The van der Waals surface area contributed by atoms with Gasteiger partial charge in [0.2, 0.25) is 5.91 Å². The summed E-state index contributed by atoms with van der Waals surface area (Å²) >= 11 is 0. The van der Waals surface area contributed by atoms with Crippen LogP contribution < -0.4 is 10.1 Å². The van der Waals surface area contributed by atoms with E-state index < -0.39 is 16.0 Å². The number of amides is 1. The lowest BCUT2D eigenvalue weighted by molar-refractivity contribution is -0.115. The maximum atomic E-state index is 12.6. The van der Waals surface area contributed by atoms with Crippen LogP contribution in [0.2, 0.25) is 0 Å². The Balaban J connectivity index is 2.02. The summed E-state index contributed by atoms with van der Waals surface area (Å²) in [6.45, 7) is 5.58. The lowest BCUT2D eigenvalue weighted by Gasteiger charge is -2.16. The Kier molecular flexibility index (Phi) is 6.55. The van der Waals surface area contributed by atoms with E-state index in [0.29, 0.717) is 5.69 Å². The smallest absolute Gasteiger partial charge is 0.239 e. The van der Waals surface area contributed by atoms with Crippen LogP contribution in [0, 0.1) is 0 Å². The van der Waals surface area contributed by atoms with Crippen LogP contribution in [0.5, 0.6) is 5.75 Å². The van der Waals surface area contributed by atoms with Crippen molar-refractivity contribution in [3.05, 3.63) is 60.2 Å². The summed E-state index contributed by atoms with van der Waals surface area (Å²) in [6, 6.07) is 16.7. The van der Waals surface area contributed by atoms with Crippen molar-refractivity contribution < 1.29 is 13.7 Å². The topological polar surface area (TPSA) is 55.4 Å². The first kappa shape index (κ1) is 18.2. The molecule has 0 bridgehead atoms. The number of carbonyl (C=O) groups excluding carboxylic acids is 1. The van der Waals surface area contributed by atoms with Crippen LogP contribution in [0.25, 0.3) is 0 Å². The Morgan fingerprint density at radius 3 is 2.33 bits per heavy atom. The van der Waals surface area contributed by atoms with Gasteiger partial charge in [-0.25, -0.2) is 0 Å². The Morgan fingerprint density at radius 2 is 1.67 bits per heavy atom. The van der Waals surface area contributed by atoms with Crippen LogP contribution in [0.1, 0.15) is 26.3 Å². The number of para-hydroxylation sites is 2. The van der Waals surface area contributed by atoms with Gasteiger partial charge < -0.3 is 10.1 Å². The van der Waals surface area contributed by atoms with Crippen molar-refractivity contribution in [2.45, 2.75) is 37.9 Å². The molecule has 4 nitrogen and oxygen atoms in total. The monoisotopic (exact) mass is 345 g/mol. The minimum atomic E-state index is -1.34. The van der Waals surface area contributed by atoms with E-state index in [1.165, 1.54) is 0 Å². The lowest BCUT2D eigenvalue weighted by atomic mass is 10.2. The molecule has 24 heavy (non-hydrogen) atoms. The minimum absolute atomic E-state index is 0.0402. The molecule has 5 heteroatoms. The van der Waals surface area contributed by atoms with E-state index in [0.717, 1.165) is 11.3 Å². The second kappa shape index (κ2) is 8.64. The molecule has 2 aromatic rings. The summed E-state index contributed by atoms with van der Waals surface area (Å²) in [5.41, 5.74) is 1.55. The Bertz CT molecular complexity index is 701. The molecule has 0 radical (unpaired) electrons. The fourth-order valence-corrected chi connectivity index (χ4v) is 3.25. The minimum Gasteiger partial charge on any atom is -0.491 e. The highest BCUT2D eigenvalue weighted by atomic mass is 32.2. The van der Waals surface area contributed by atoms with Crippen molar-refractivity contribution in [1.82, 2.24) is 0 Å². The van der Waals surface area contributed by atoms with Gasteiger partial charge in [0.25, 0.3) is 0 Å². The maximum Gasteiger partial charge on any atom is 0.239 e. The predicted molar refractivity (Wildman–Crippen MR) is 98.6 cm³/mol. The van der Waals surface area contributed by atoms with Gasteiger partial charge in [-0.2, -0.15) is 0 Å². The highest BCUT2D eigenvalue weighted by Gasteiger charge is 2.21. The van der Waals surface area contributed by atoms with Crippen LogP contribution >= 0.6 is 0 Å². The molecule has 1 amide bonds. The maximum absolute atomic E-state index is 12.6. The third kappa shape index (κ3) is 5.20. The molecule has 2 rings (SSSR count). The zero-order valence-corrected chi connectivity index (χ0v) is 15.0. The van der Waals surface area contributed by atoms with Gasteiger partial charge >= 0.3 is 0 Å². The van der Waals surface area contributed by atoms with Crippen molar-refractivity contribution in [2.24, 2.45) is 0 Å². The first-order valence-corrected chi connectivity index (χ1v) is 9.33. The molecule has 0 aliphatic heterocycles. The summed E-state index contributed by atoms with van der Waals surface area (Å²) in [5, 5.41) is 2.18. The summed E-state index contributed by atoms with van der Waals surface area (Å²) in [7, 11) is -1.34. The van der Waals surface area contributed by atoms with E-state index in [1.807, 2.05) is 56.3 Å². The average Bonchev–Trinajstić information content (AvgIpc) is 2.56. The molecule has 0 fully saturated rings. The number of rotatable bonds is 7. The fourth-order valence-electron chi connectivity index (χ4n) is 2.16. The second-order valence-corrected chi connectivity index (χ2v) is 7.55. The lowest BCUT2D eigenvalue weighted by Crippen LogP contribution is -2.29. The molecule has 0 spiro atoms. The van der Waals surface area contributed by atoms with Crippen LogP contribution in [0.15, 0.2) is 54.6 Å². The molecule has 2 aromatic carbocycles. The number of benzene rings is 2. The molecular formula is C19H23NO3S. The van der Waals surface area contributed by atoms with Crippen molar-refractivity contribution in [2.75, 3.05) is 5.32 Å². The third-order valence-corrected chi connectivity index (χ3v) is 5.04. The van der Waals surface area contributed by atoms with Crippen molar-refractivity contribution >= 4 is 22.4 Å². The van der Waals surface area contributed by atoms with Crippen LogP contribution in [0.4, 0.5) is 5.69 Å². The van der Waals surface area contributed by atoms with Crippen LogP contribution in [-0.2, 0) is 21.3 Å². The number of nitrogens with one attached hydrogen (secondary N) is 1. The van der Waals surface area contributed by atoms with E-state index in [2.05, 4.69) is 5.32 Å². The summed E-state index contributed by atoms with van der Waals surface area (Å²) in [4.78, 5) is 12.3. The van der Waals surface area contributed by atoms with Gasteiger partial charge in [0.1, 0.15) is 11.0 Å². The largest absolute Gasteiger partial charge is 0.491 e. The van der Waals surface area contributed by atoms with Gasteiger partial charge in [-0.3, -0.25) is 9.00 Å². The predicted octanol–water partition coefficient (Wildman–Crippen LogP) is 3.75. The van der Waals surface area contributed by atoms with Crippen LogP contribution in [-0.4, -0.2) is 21.5 Å². The third-order valence-electron chi connectivity index (χ3n) is 3.44. The number of ether oxygens (including phenoxy) is 1. The SMILES string of the molecule is CC(C)Oc1ccccc1C[S@@](=O)[C@H](C)C(=O)Nc1ccccc1. The van der Waals surface area contributed by atoms with E-state index in [9.17, 15) is 9.00 Å². The van der Waals surface area contributed by atoms with Gasteiger partial charge in [0.05, 0.1) is 11.9 Å². The zero-order valence-electron chi connectivity index (χ0n) is 14.2. The van der Waals surface area contributed by atoms with E-state index >= 15 is 0 Å². The molecule has 0 aliphatic carbocycles. The number of anilines is 1. The molecule has 2 atom stereocenters. The summed E-state index contributed by atoms with van der Waals surface area (Å²) < 4.78 is 18.3.